The molecule has 0 unspecified atom stereocenters. The van der Waals surface area contributed by atoms with E-state index in [9.17, 15) is 4.79 Å². The zero-order chi connectivity index (χ0) is 13.8. The van der Waals surface area contributed by atoms with Crippen LogP contribution in [0.3, 0.4) is 0 Å². The van der Waals surface area contributed by atoms with Gasteiger partial charge in [0.25, 0.3) is 11.6 Å². The average molecular weight is 253 g/mol. The lowest BCUT2D eigenvalue weighted by Gasteiger charge is -2.24. The first kappa shape index (κ1) is 14.7. The Morgan fingerprint density at radius 2 is 2.17 bits per heavy atom. The molecule has 0 aromatic carbocycles. The van der Waals surface area contributed by atoms with Crippen LogP contribution in [0, 0.1) is 6.92 Å². The van der Waals surface area contributed by atoms with Crippen molar-refractivity contribution in [3.05, 3.63) is 22.1 Å². The molecule has 0 amide bonds. The summed E-state index contributed by atoms with van der Waals surface area (Å²) in [5.41, 5.74) is 0.681. The maximum absolute atomic E-state index is 11.9. The Hall–Kier alpha value is -1.36. The van der Waals surface area contributed by atoms with Gasteiger partial charge in [0.2, 0.25) is 0 Å². The summed E-state index contributed by atoms with van der Waals surface area (Å²) in [6.07, 6.45) is 1.03. The van der Waals surface area contributed by atoms with E-state index in [-0.39, 0.29) is 11.1 Å². The van der Waals surface area contributed by atoms with Gasteiger partial charge >= 0.3 is 0 Å². The molecule has 0 bridgehead atoms. The van der Waals surface area contributed by atoms with Gasteiger partial charge in [0.1, 0.15) is 0 Å². The third-order valence-corrected chi connectivity index (χ3v) is 3.11. The molecule has 102 valence electrons. The molecule has 1 N–H and O–H groups in total. The van der Waals surface area contributed by atoms with Crippen LogP contribution in [0.1, 0.15) is 32.9 Å². The lowest BCUT2D eigenvalue weighted by atomic mass is 10.0. The molecule has 0 radical (unpaired) electrons. The summed E-state index contributed by atoms with van der Waals surface area (Å²) in [5, 5.41) is 3.41. The monoisotopic (exact) mass is 253 g/mol. The largest absolute Gasteiger partial charge is 0.468 e. The number of ether oxygens (including phenoxy) is 1. The highest BCUT2D eigenvalue weighted by atomic mass is 16.5. The number of aromatic nitrogens is 2. The minimum Gasteiger partial charge on any atom is -0.468 e. The van der Waals surface area contributed by atoms with E-state index < -0.39 is 0 Å². The molecule has 1 heterocycles. The van der Waals surface area contributed by atoms with Gasteiger partial charge < -0.3 is 10.1 Å². The predicted octanol–water partition coefficient (Wildman–Crippen LogP) is 1.34. The van der Waals surface area contributed by atoms with E-state index in [4.69, 9.17) is 4.74 Å². The number of nitrogens with zero attached hydrogens (tertiary/aromatic N) is 2. The maximum atomic E-state index is 11.9. The molecule has 0 aliphatic rings. The Balaban J connectivity index is 2.76. The minimum absolute atomic E-state index is 0.0737. The van der Waals surface area contributed by atoms with Crippen LogP contribution in [0.15, 0.2) is 10.9 Å². The zero-order valence-electron chi connectivity index (χ0n) is 11.9. The Labute approximate surface area is 108 Å². The Morgan fingerprint density at radius 1 is 1.50 bits per heavy atom. The van der Waals surface area contributed by atoms with Crippen molar-refractivity contribution < 1.29 is 4.74 Å². The summed E-state index contributed by atoms with van der Waals surface area (Å²) in [4.78, 5) is 16.1. The molecule has 0 atom stereocenters. The molecule has 5 nitrogen and oxygen atoms in total. The second-order valence-corrected chi connectivity index (χ2v) is 5.04. The Bertz CT molecular complexity index is 452. The third kappa shape index (κ3) is 3.84. The van der Waals surface area contributed by atoms with Crippen LogP contribution in [0.4, 0.5) is 0 Å². The standard InChI is InChI=1S/C13H23N3O2/c1-6-13(3,4)14-7-8-16-11(17)9-10(2)15-12(16)18-5/h9,14H,6-8H2,1-5H3. The van der Waals surface area contributed by atoms with E-state index in [1.54, 1.807) is 11.5 Å². The highest BCUT2D eigenvalue weighted by Gasteiger charge is 2.14. The Kier molecular flexibility index (Phi) is 4.90. The van der Waals surface area contributed by atoms with E-state index in [1.165, 1.54) is 13.2 Å². The molecular formula is C13H23N3O2. The van der Waals surface area contributed by atoms with Crippen molar-refractivity contribution in [2.45, 2.75) is 46.2 Å². The number of hydrogen-bond acceptors (Lipinski definition) is 4. The lowest BCUT2D eigenvalue weighted by Crippen LogP contribution is -2.41. The van der Waals surface area contributed by atoms with Gasteiger partial charge in [0.05, 0.1) is 7.11 Å². The highest BCUT2D eigenvalue weighted by Crippen LogP contribution is 2.07. The van der Waals surface area contributed by atoms with Gasteiger partial charge in [-0.1, -0.05) is 6.92 Å². The van der Waals surface area contributed by atoms with E-state index in [1.807, 2.05) is 0 Å². The van der Waals surface area contributed by atoms with Crippen LogP contribution in [0.25, 0.3) is 0 Å². The van der Waals surface area contributed by atoms with Gasteiger partial charge in [-0.3, -0.25) is 9.36 Å². The Morgan fingerprint density at radius 3 is 2.72 bits per heavy atom. The van der Waals surface area contributed by atoms with Gasteiger partial charge in [-0.25, -0.2) is 4.98 Å². The minimum atomic E-state index is -0.0737. The summed E-state index contributed by atoms with van der Waals surface area (Å²) in [5.74, 6) is 0. The van der Waals surface area contributed by atoms with Crippen molar-refractivity contribution in [2.75, 3.05) is 13.7 Å². The smallest absolute Gasteiger partial charge is 0.299 e. The van der Waals surface area contributed by atoms with Crippen molar-refractivity contribution in [1.82, 2.24) is 14.9 Å². The SMILES string of the molecule is CCC(C)(C)NCCn1c(OC)nc(C)cc1=O. The van der Waals surface area contributed by atoms with Gasteiger partial charge in [-0.2, -0.15) is 0 Å². The van der Waals surface area contributed by atoms with Gasteiger partial charge in [0.15, 0.2) is 0 Å². The lowest BCUT2D eigenvalue weighted by molar-refractivity contribution is 0.326. The molecule has 1 aromatic heterocycles. The van der Waals surface area contributed by atoms with E-state index in [2.05, 4.69) is 31.1 Å². The first-order valence-corrected chi connectivity index (χ1v) is 6.27. The van der Waals surface area contributed by atoms with Crippen molar-refractivity contribution in [1.29, 1.82) is 0 Å². The quantitative estimate of drug-likeness (QED) is 0.831. The molecule has 0 spiro atoms. The van der Waals surface area contributed by atoms with Crippen LogP contribution in [0.2, 0.25) is 0 Å². The van der Waals surface area contributed by atoms with Crippen LogP contribution in [-0.4, -0.2) is 28.7 Å². The van der Waals surface area contributed by atoms with Crippen molar-refractivity contribution in [3.63, 3.8) is 0 Å². The van der Waals surface area contributed by atoms with Gasteiger partial charge in [-0.05, 0) is 27.2 Å². The molecule has 0 saturated heterocycles. The van der Waals surface area contributed by atoms with Crippen LogP contribution < -0.4 is 15.6 Å². The summed E-state index contributed by atoms with van der Waals surface area (Å²) in [6, 6.07) is 1.89. The molecule has 0 fully saturated rings. The molecular weight excluding hydrogens is 230 g/mol. The first-order chi connectivity index (χ1) is 8.39. The summed E-state index contributed by atoms with van der Waals surface area (Å²) >= 11 is 0. The fraction of sp³-hybridized carbons (Fsp3) is 0.692. The van der Waals surface area contributed by atoms with Crippen LogP contribution >= 0.6 is 0 Å². The summed E-state index contributed by atoms with van der Waals surface area (Å²) in [6.45, 7) is 9.46. The second kappa shape index (κ2) is 6.00. The predicted molar refractivity (Wildman–Crippen MR) is 72.2 cm³/mol. The fourth-order valence-corrected chi connectivity index (χ4v) is 1.59. The van der Waals surface area contributed by atoms with Gasteiger partial charge in [-0.15, -0.1) is 0 Å². The normalized spacial score (nSPS) is 11.6. The van der Waals surface area contributed by atoms with Crippen molar-refractivity contribution >= 4 is 0 Å². The summed E-state index contributed by atoms with van der Waals surface area (Å²) < 4.78 is 6.69. The van der Waals surface area contributed by atoms with Gasteiger partial charge in [0, 0.05) is 30.4 Å². The zero-order valence-corrected chi connectivity index (χ0v) is 11.9. The van der Waals surface area contributed by atoms with Crippen LogP contribution in [0.5, 0.6) is 6.01 Å². The number of hydrogen-bond donors (Lipinski definition) is 1. The van der Waals surface area contributed by atoms with Crippen molar-refractivity contribution in [2.24, 2.45) is 0 Å². The number of methoxy groups -OCH3 is 1. The van der Waals surface area contributed by atoms with E-state index in [0.29, 0.717) is 24.8 Å². The topological polar surface area (TPSA) is 56.1 Å². The number of nitrogens with one attached hydrogen (secondary N) is 1. The average Bonchev–Trinajstić information content (AvgIpc) is 2.31. The molecule has 1 rings (SSSR count). The molecule has 0 saturated carbocycles. The molecule has 18 heavy (non-hydrogen) atoms. The first-order valence-electron chi connectivity index (χ1n) is 6.27. The number of aryl methyl sites for hydroxylation is 1. The summed E-state index contributed by atoms with van der Waals surface area (Å²) in [7, 11) is 1.53. The second-order valence-electron chi connectivity index (χ2n) is 5.04. The molecule has 1 aromatic rings. The number of rotatable bonds is 6. The fourth-order valence-electron chi connectivity index (χ4n) is 1.59. The third-order valence-electron chi connectivity index (χ3n) is 3.11. The molecule has 0 aliphatic heterocycles. The van der Waals surface area contributed by atoms with Crippen LogP contribution in [-0.2, 0) is 6.54 Å². The molecule has 5 heteroatoms. The molecule has 0 aliphatic carbocycles. The highest BCUT2D eigenvalue weighted by molar-refractivity contribution is 5.06. The van der Waals surface area contributed by atoms with Crippen molar-refractivity contribution in [3.8, 4) is 6.01 Å². The maximum Gasteiger partial charge on any atom is 0.299 e. The van der Waals surface area contributed by atoms with E-state index >= 15 is 0 Å². The van der Waals surface area contributed by atoms with E-state index in [0.717, 1.165) is 6.42 Å².